The van der Waals surface area contributed by atoms with Crippen LogP contribution in [-0.4, -0.2) is 74.1 Å². The van der Waals surface area contributed by atoms with Crippen molar-refractivity contribution in [2.75, 3.05) is 59.4 Å². The molecule has 2 bridgehead atoms. The first kappa shape index (κ1) is 13.1. The van der Waals surface area contributed by atoms with Gasteiger partial charge in [-0.2, -0.15) is 0 Å². The highest BCUT2D eigenvalue weighted by Crippen LogP contribution is 2.10. The molecule has 3 aliphatic heterocycles. The lowest BCUT2D eigenvalue weighted by atomic mass is 10.1. The molecule has 0 saturated carbocycles. The van der Waals surface area contributed by atoms with E-state index in [9.17, 15) is 0 Å². The molecular formula is C14H27N3. The highest BCUT2D eigenvalue weighted by Gasteiger charge is 2.16. The van der Waals surface area contributed by atoms with Crippen LogP contribution in [0.15, 0.2) is 12.2 Å². The van der Waals surface area contributed by atoms with Gasteiger partial charge in [0, 0.05) is 13.1 Å². The van der Waals surface area contributed by atoms with E-state index in [0.717, 1.165) is 13.1 Å². The van der Waals surface area contributed by atoms with Crippen LogP contribution in [0.25, 0.3) is 0 Å². The van der Waals surface area contributed by atoms with E-state index in [1.165, 1.54) is 64.1 Å². The molecule has 3 rings (SSSR count). The molecule has 0 radical (unpaired) electrons. The molecular weight excluding hydrogens is 210 g/mol. The zero-order chi connectivity index (χ0) is 12.1. The summed E-state index contributed by atoms with van der Waals surface area (Å²) in [5, 5.41) is 0. The Labute approximate surface area is 106 Å². The molecule has 3 fully saturated rings. The third kappa shape index (κ3) is 4.41. The Hall–Kier alpha value is -0.380. The second kappa shape index (κ2) is 6.53. The number of rotatable bonds is 0. The third-order valence-electron chi connectivity index (χ3n) is 3.87. The van der Waals surface area contributed by atoms with Gasteiger partial charge in [0.2, 0.25) is 0 Å². The van der Waals surface area contributed by atoms with Crippen molar-refractivity contribution in [3.8, 4) is 0 Å². The first-order valence-corrected chi connectivity index (χ1v) is 7.04. The Morgan fingerprint density at radius 3 is 1.65 bits per heavy atom. The van der Waals surface area contributed by atoms with E-state index in [2.05, 4.69) is 28.3 Å². The predicted octanol–water partition coefficient (Wildman–Crippen LogP) is 1.28. The van der Waals surface area contributed by atoms with Gasteiger partial charge in [-0.25, -0.2) is 0 Å². The van der Waals surface area contributed by atoms with Crippen LogP contribution < -0.4 is 0 Å². The van der Waals surface area contributed by atoms with E-state index in [-0.39, 0.29) is 0 Å². The smallest absolute Gasteiger partial charge is 0.0202 e. The van der Waals surface area contributed by atoms with E-state index in [1.54, 1.807) is 0 Å². The molecule has 98 valence electrons. The van der Waals surface area contributed by atoms with E-state index in [0.29, 0.717) is 0 Å². The molecule has 0 aliphatic carbocycles. The molecule has 3 nitrogen and oxygen atoms in total. The van der Waals surface area contributed by atoms with Crippen LogP contribution >= 0.6 is 0 Å². The number of nitrogens with zero attached hydrogens (tertiary/aromatic N) is 3. The second-order valence-electron chi connectivity index (χ2n) is 5.67. The lowest BCUT2D eigenvalue weighted by Crippen LogP contribution is -2.40. The molecule has 17 heavy (non-hydrogen) atoms. The van der Waals surface area contributed by atoms with Gasteiger partial charge in [0.25, 0.3) is 0 Å². The van der Waals surface area contributed by atoms with E-state index in [4.69, 9.17) is 0 Å². The van der Waals surface area contributed by atoms with Crippen molar-refractivity contribution in [3.05, 3.63) is 12.2 Å². The summed E-state index contributed by atoms with van der Waals surface area (Å²) in [7, 11) is 2.26. The average molecular weight is 237 g/mol. The summed E-state index contributed by atoms with van der Waals surface area (Å²) in [5.41, 5.74) is 1.40. The molecule has 2 unspecified atom stereocenters. The van der Waals surface area contributed by atoms with Crippen LogP contribution in [0.3, 0.4) is 0 Å². The van der Waals surface area contributed by atoms with Crippen molar-refractivity contribution < 1.29 is 0 Å². The summed E-state index contributed by atoms with van der Waals surface area (Å²) < 4.78 is 0. The van der Waals surface area contributed by atoms with E-state index in [1.807, 2.05) is 0 Å². The predicted molar refractivity (Wildman–Crippen MR) is 73.4 cm³/mol. The van der Waals surface area contributed by atoms with Gasteiger partial charge in [0.1, 0.15) is 0 Å². The second-order valence-corrected chi connectivity index (χ2v) is 5.67. The Morgan fingerprint density at radius 1 is 0.765 bits per heavy atom. The van der Waals surface area contributed by atoms with Crippen LogP contribution in [-0.2, 0) is 0 Å². The SMILES string of the molecule is C=C1CN2CCCN(C)CCCN(CCC2)C1. The van der Waals surface area contributed by atoms with Gasteiger partial charge in [0.15, 0.2) is 0 Å². The maximum Gasteiger partial charge on any atom is 0.0202 e. The summed E-state index contributed by atoms with van der Waals surface area (Å²) in [6.07, 6.45) is 3.92. The minimum Gasteiger partial charge on any atom is -0.306 e. The van der Waals surface area contributed by atoms with Gasteiger partial charge in [-0.15, -0.1) is 0 Å². The molecule has 3 heterocycles. The van der Waals surface area contributed by atoms with Gasteiger partial charge >= 0.3 is 0 Å². The first-order chi connectivity index (χ1) is 8.24. The van der Waals surface area contributed by atoms with Crippen LogP contribution in [0, 0.1) is 0 Å². The van der Waals surface area contributed by atoms with E-state index < -0.39 is 0 Å². The van der Waals surface area contributed by atoms with Crippen molar-refractivity contribution in [1.82, 2.24) is 14.7 Å². The van der Waals surface area contributed by atoms with Crippen LogP contribution in [0.2, 0.25) is 0 Å². The van der Waals surface area contributed by atoms with Crippen LogP contribution in [0.5, 0.6) is 0 Å². The molecule has 0 amide bonds. The normalized spacial score (nSPS) is 33.8. The standard InChI is InChI=1S/C14H27N3/c1-14-12-16-8-3-6-15(2)7-4-9-17(13-14)11-5-10-16/h1,3-13H2,2H3. The maximum atomic E-state index is 4.25. The summed E-state index contributed by atoms with van der Waals surface area (Å²) in [6, 6.07) is 0. The Morgan fingerprint density at radius 2 is 1.18 bits per heavy atom. The highest BCUT2D eigenvalue weighted by atomic mass is 15.2. The van der Waals surface area contributed by atoms with Crippen LogP contribution in [0.1, 0.15) is 19.3 Å². The lowest BCUT2D eigenvalue weighted by Gasteiger charge is -2.33. The van der Waals surface area contributed by atoms with E-state index >= 15 is 0 Å². The summed E-state index contributed by atoms with van der Waals surface area (Å²) in [4.78, 5) is 7.67. The van der Waals surface area contributed by atoms with Crippen molar-refractivity contribution in [3.63, 3.8) is 0 Å². The summed E-state index contributed by atoms with van der Waals surface area (Å²) >= 11 is 0. The number of fused-ring (bicyclic) bond motifs is 10. The highest BCUT2D eigenvalue weighted by molar-refractivity contribution is 5.01. The number of hydrogen-bond acceptors (Lipinski definition) is 3. The molecule has 3 heteroatoms. The molecule has 0 aromatic rings. The maximum absolute atomic E-state index is 4.25. The van der Waals surface area contributed by atoms with Crippen molar-refractivity contribution >= 4 is 0 Å². The Balaban J connectivity index is 1.97. The van der Waals surface area contributed by atoms with Crippen molar-refractivity contribution in [2.24, 2.45) is 0 Å². The quantitative estimate of drug-likeness (QED) is 0.588. The van der Waals surface area contributed by atoms with Gasteiger partial charge in [-0.1, -0.05) is 6.58 Å². The molecule has 2 atom stereocenters. The summed E-state index contributed by atoms with van der Waals surface area (Å²) in [6.45, 7) is 13.9. The summed E-state index contributed by atoms with van der Waals surface area (Å²) in [5.74, 6) is 0. The third-order valence-corrected chi connectivity index (χ3v) is 3.87. The Kier molecular flexibility index (Phi) is 5.01. The zero-order valence-corrected chi connectivity index (χ0v) is 11.3. The molecule has 0 N–H and O–H groups in total. The Bertz CT molecular complexity index is 230. The van der Waals surface area contributed by atoms with Gasteiger partial charge < -0.3 is 4.90 Å². The van der Waals surface area contributed by atoms with Crippen LogP contribution in [0.4, 0.5) is 0 Å². The molecule has 3 aliphatic rings. The fourth-order valence-corrected chi connectivity index (χ4v) is 2.98. The minimum atomic E-state index is 1.11. The molecule has 0 aromatic heterocycles. The average Bonchev–Trinajstić information content (AvgIpc) is 2.23. The largest absolute Gasteiger partial charge is 0.306 e. The zero-order valence-electron chi connectivity index (χ0n) is 11.3. The van der Waals surface area contributed by atoms with Crippen molar-refractivity contribution in [1.29, 1.82) is 0 Å². The topological polar surface area (TPSA) is 9.72 Å². The molecule has 0 aromatic carbocycles. The fourth-order valence-electron chi connectivity index (χ4n) is 2.98. The van der Waals surface area contributed by atoms with Crippen molar-refractivity contribution in [2.45, 2.75) is 19.3 Å². The first-order valence-electron chi connectivity index (χ1n) is 7.04. The minimum absolute atomic E-state index is 1.11. The van der Waals surface area contributed by atoms with Gasteiger partial charge in [-0.05, 0) is 71.2 Å². The lowest BCUT2D eigenvalue weighted by molar-refractivity contribution is 0.185. The van der Waals surface area contributed by atoms with Gasteiger partial charge in [-0.3, -0.25) is 9.80 Å². The van der Waals surface area contributed by atoms with Gasteiger partial charge in [0.05, 0.1) is 0 Å². The fraction of sp³-hybridized carbons (Fsp3) is 0.857. The molecule has 3 saturated heterocycles. The number of hydrogen-bond donors (Lipinski definition) is 0. The monoisotopic (exact) mass is 237 g/mol. The molecule has 0 spiro atoms.